The van der Waals surface area contributed by atoms with Gasteiger partial charge in [0.15, 0.2) is 5.60 Å². The molecule has 0 saturated heterocycles. The van der Waals surface area contributed by atoms with Crippen LogP contribution in [0.15, 0.2) is 42.5 Å². The number of nitro groups is 1. The van der Waals surface area contributed by atoms with E-state index in [-0.39, 0.29) is 30.5 Å². The van der Waals surface area contributed by atoms with E-state index in [9.17, 15) is 19.7 Å². The van der Waals surface area contributed by atoms with Crippen molar-refractivity contribution >= 4 is 28.9 Å². The van der Waals surface area contributed by atoms with E-state index in [1.54, 1.807) is 24.8 Å². The fraction of sp³-hybridized carbons (Fsp3) is 0.300. The van der Waals surface area contributed by atoms with Crippen molar-refractivity contribution in [2.45, 2.75) is 32.8 Å². The minimum atomic E-state index is -1.03. The first-order valence-corrected chi connectivity index (χ1v) is 8.83. The zero-order valence-corrected chi connectivity index (χ0v) is 15.9. The molecule has 1 N–H and O–H groups in total. The van der Waals surface area contributed by atoms with Crippen molar-refractivity contribution in [1.29, 1.82) is 0 Å². The Morgan fingerprint density at radius 2 is 2.00 bits per heavy atom. The topological polar surface area (TPSA) is 102 Å². The van der Waals surface area contributed by atoms with Crippen LogP contribution in [0.3, 0.4) is 0 Å². The highest BCUT2D eigenvalue weighted by atomic mass is 16.6. The maximum absolute atomic E-state index is 12.8. The third-order valence-corrected chi connectivity index (χ3v) is 4.43. The molecule has 3 rings (SSSR count). The largest absolute Gasteiger partial charge is 0.476 e. The molecule has 1 heterocycles. The Balaban J connectivity index is 1.73. The van der Waals surface area contributed by atoms with Crippen LogP contribution in [0.1, 0.15) is 25.8 Å². The average Bonchev–Trinajstić information content (AvgIpc) is 2.63. The van der Waals surface area contributed by atoms with Gasteiger partial charge in [-0.1, -0.05) is 12.1 Å². The molecule has 0 aliphatic carbocycles. The van der Waals surface area contributed by atoms with Gasteiger partial charge in [-0.05, 0) is 44.5 Å². The second-order valence-electron chi connectivity index (χ2n) is 7.15. The van der Waals surface area contributed by atoms with Crippen LogP contribution in [0.5, 0.6) is 5.75 Å². The molecule has 1 aliphatic rings. The van der Waals surface area contributed by atoms with Crippen molar-refractivity contribution < 1.29 is 19.2 Å². The fourth-order valence-electron chi connectivity index (χ4n) is 3.03. The molecule has 8 nitrogen and oxygen atoms in total. The molecule has 2 amide bonds. The van der Waals surface area contributed by atoms with Crippen molar-refractivity contribution in [1.82, 2.24) is 0 Å². The fourth-order valence-corrected chi connectivity index (χ4v) is 3.03. The van der Waals surface area contributed by atoms with Gasteiger partial charge in [-0.3, -0.25) is 19.7 Å². The number of carbonyl (C=O) groups is 2. The molecule has 0 saturated carbocycles. The highest BCUT2D eigenvalue weighted by Gasteiger charge is 2.40. The SMILES string of the molecule is Cc1ccc2c(c1)N(CCC(=O)Nc1cccc([N+](=O)[O-])c1)C(=O)C(C)(C)O2. The third-order valence-electron chi connectivity index (χ3n) is 4.43. The number of aryl methyl sites for hydroxylation is 1. The number of carbonyl (C=O) groups excluding carboxylic acids is 2. The molecule has 0 fully saturated rings. The summed E-state index contributed by atoms with van der Waals surface area (Å²) in [7, 11) is 0. The Hall–Kier alpha value is -3.42. The average molecular weight is 383 g/mol. The van der Waals surface area contributed by atoms with Crippen molar-refractivity contribution in [2.24, 2.45) is 0 Å². The van der Waals surface area contributed by atoms with E-state index >= 15 is 0 Å². The molecule has 0 radical (unpaired) electrons. The predicted octanol–water partition coefficient (Wildman–Crippen LogP) is 3.44. The van der Waals surface area contributed by atoms with Crippen LogP contribution in [0.2, 0.25) is 0 Å². The van der Waals surface area contributed by atoms with Gasteiger partial charge in [-0.2, -0.15) is 0 Å². The number of anilines is 2. The Morgan fingerprint density at radius 3 is 2.71 bits per heavy atom. The second-order valence-corrected chi connectivity index (χ2v) is 7.15. The van der Waals surface area contributed by atoms with E-state index in [1.807, 2.05) is 25.1 Å². The minimum absolute atomic E-state index is 0.0396. The van der Waals surface area contributed by atoms with Crippen molar-refractivity contribution in [3.63, 3.8) is 0 Å². The number of rotatable bonds is 5. The standard InChI is InChI=1S/C20H21N3O5/c1-13-7-8-17-16(11-13)22(19(25)20(2,3)28-17)10-9-18(24)21-14-5-4-6-15(12-14)23(26)27/h4-8,11-12H,9-10H2,1-3H3,(H,21,24). The summed E-state index contributed by atoms with van der Waals surface area (Å²) in [5, 5.41) is 13.5. The maximum Gasteiger partial charge on any atom is 0.271 e. The van der Waals surface area contributed by atoms with E-state index in [0.29, 0.717) is 17.1 Å². The molecule has 2 aromatic carbocycles. The van der Waals surface area contributed by atoms with Crippen molar-refractivity contribution in [3.8, 4) is 5.75 Å². The zero-order valence-electron chi connectivity index (χ0n) is 15.9. The normalized spacial score (nSPS) is 14.8. The minimum Gasteiger partial charge on any atom is -0.476 e. The number of nitro benzene ring substituents is 1. The Bertz CT molecular complexity index is 955. The predicted molar refractivity (Wildman–Crippen MR) is 105 cm³/mol. The molecule has 0 aromatic heterocycles. The van der Waals surface area contributed by atoms with Crippen LogP contribution in [0.25, 0.3) is 0 Å². The zero-order chi connectivity index (χ0) is 20.5. The van der Waals surface area contributed by atoms with E-state index < -0.39 is 10.5 Å². The number of benzene rings is 2. The molecule has 0 spiro atoms. The van der Waals surface area contributed by atoms with Crippen LogP contribution in [-0.2, 0) is 9.59 Å². The number of hydrogen-bond donors (Lipinski definition) is 1. The van der Waals surface area contributed by atoms with E-state index in [2.05, 4.69) is 5.32 Å². The Labute approximate surface area is 162 Å². The molecule has 8 heteroatoms. The third kappa shape index (κ3) is 3.95. The van der Waals surface area contributed by atoms with E-state index in [0.717, 1.165) is 5.56 Å². The van der Waals surface area contributed by atoms with Gasteiger partial charge in [0, 0.05) is 30.8 Å². The van der Waals surface area contributed by atoms with Gasteiger partial charge in [0.2, 0.25) is 5.91 Å². The number of amides is 2. The van der Waals surface area contributed by atoms with Gasteiger partial charge in [0.25, 0.3) is 11.6 Å². The molecular formula is C20H21N3O5. The lowest BCUT2D eigenvalue weighted by Crippen LogP contribution is -2.53. The molecule has 2 aromatic rings. The number of nitrogens with zero attached hydrogens (tertiary/aromatic N) is 2. The monoisotopic (exact) mass is 383 g/mol. The van der Waals surface area contributed by atoms with Gasteiger partial charge < -0.3 is 15.0 Å². The van der Waals surface area contributed by atoms with Crippen LogP contribution >= 0.6 is 0 Å². The molecule has 0 bridgehead atoms. The summed E-state index contributed by atoms with van der Waals surface area (Å²) < 4.78 is 5.80. The highest BCUT2D eigenvalue weighted by Crippen LogP contribution is 2.38. The van der Waals surface area contributed by atoms with Gasteiger partial charge >= 0.3 is 0 Å². The second kappa shape index (κ2) is 7.30. The smallest absolute Gasteiger partial charge is 0.271 e. The number of nitrogens with one attached hydrogen (secondary N) is 1. The summed E-state index contributed by atoms with van der Waals surface area (Å²) in [6, 6.07) is 11.3. The molecule has 0 unspecified atom stereocenters. The van der Waals surface area contributed by atoms with Crippen LogP contribution in [-0.4, -0.2) is 28.9 Å². The van der Waals surface area contributed by atoms with Gasteiger partial charge in [0.1, 0.15) is 5.75 Å². The summed E-state index contributed by atoms with van der Waals surface area (Å²) in [6.45, 7) is 5.46. The van der Waals surface area contributed by atoms with Gasteiger partial charge in [0.05, 0.1) is 10.6 Å². The van der Waals surface area contributed by atoms with E-state index in [1.165, 1.54) is 18.2 Å². The quantitative estimate of drug-likeness (QED) is 0.629. The molecule has 0 atom stereocenters. The van der Waals surface area contributed by atoms with E-state index in [4.69, 9.17) is 4.74 Å². The first kappa shape index (κ1) is 19.3. The Morgan fingerprint density at radius 1 is 1.25 bits per heavy atom. The van der Waals surface area contributed by atoms with Crippen molar-refractivity contribution in [3.05, 3.63) is 58.1 Å². The van der Waals surface area contributed by atoms with Gasteiger partial charge in [-0.15, -0.1) is 0 Å². The molecule has 28 heavy (non-hydrogen) atoms. The van der Waals surface area contributed by atoms with Gasteiger partial charge in [-0.25, -0.2) is 0 Å². The summed E-state index contributed by atoms with van der Waals surface area (Å²) in [5.74, 6) is 0.0230. The van der Waals surface area contributed by atoms with Crippen LogP contribution in [0, 0.1) is 17.0 Å². The van der Waals surface area contributed by atoms with Crippen LogP contribution in [0.4, 0.5) is 17.1 Å². The lowest BCUT2D eigenvalue weighted by atomic mass is 10.0. The lowest BCUT2D eigenvalue weighted by Gasteiger charge is -2.38. The Kier molecular flexibility index (Phi) is 5.04. The number of fused-ring (bicyclic) bond motifs is 1. The summed E-state index contributed by atoms with van der Waals surface area (Å²) in [4.78, 5) is 37.0. The maximum atomic E-state index is 12.8. The van der Waals surface area contributed by atoms with Crippen LogP contribution < -0.4 is 15.0 Å². The summed E-state index contributed by atoms with van der Waals surface area (Å²) >= 11 is 0. The number of non-ortho nitro benzene ring substituents is 1. The molecule has 146 valence electrons. The lowest BCUT2D eigenvalue weighted by molar-refractivity contribution is -0.384. The first-order valence-electron chi connectivity index (χ1n) is 8.83. The highest BCUT2D eigenvalue weighted by molar-refractivity contribution is 6.03. The summed E-state index contributed by atoms with van der Waals surface area (Å²) in [6.07, 6.45) is 0.0396. The number of hydrogen-bond acceptors (Lipinski definition) is 5. The number of ether oxygens (including phenoxy) is 1. The first-order chi connectivity index (χ1) is 13.2. The van der Waals surface area contributed by atoms with Crippen molar-refractivity contribution in [2.75, 3.05) is 16.8 Å². The molecule has 1 aliphatic heterocycles. The molecular weight excluding hydrogens is 362 g/mol. The summed E-state index contributed by atoms with van der Waals surface area (Å²) in [5.41, 5.74) is 0.809.